The summed E-state index contributed by atoms with van der Waals surface area (Å²) in [7, 11) is 0. The summed E-state index contributed by atoms with van der Waals surface area (Å²) < 4.78 is 6.81. The van der Waals surface area contributed by atoms with E-state index in [4.69, 9.17) is 4.74 Å². The Morgan fingerprint density at radius 2 is 1.75 bits per heavy atom. The number of aromatic nitrogens is 1. The minimum Gasteiger partial charge on any atom is -0.455 e. The monoisotopic (exact) mass is 335 g/mol. The van der Waals surface area contributed by atoms with E-state index >= 15 is 0 Å². The van der Waals surface area contributed by atoms with Crippen LogP contribution in [-0.2, 0) is 4.74 Å². The predicted octanol–water partition coefficient (Wildman–Crippen LogP) is 3.97. The number of halogens is 1. The van der Waals surface area contributed by atoms with Crippen molar-refractivity contribution in [3.05, 3.63) is 28.5 Å². The first-order valence-electron chi connectivity index (χ1n) is 7.46. The van der Waals surface area contributed by atoms with Gasteiger partial charge in [-0.25, -0.2) is 4.79 Å². The molecule has 5 rings (SSSR count). The molecule has 1 aromatic rings. The lowest BCUT2D eigenvalue weighted by atomic mass is 9.54. The molecule has 4 aliphatic rings. The number of pyridine rings is 1. The largest absolute Gasteiger partial charge is 0.455 e. The van der Waals surface area contributed by atoms with E-state index in [9.17, 15) is 4.79 Å². The third kappa shape index (κ3) is 2.18. The van der Waals surface area contributed by atoms with Gasteiger partial charge in [0.05, 0.1) is 5.56 Å². The molecule has 0 aromatic carbocycles. The predicted molar refractivity (Wildman–Crippen MR) is 78.3 cm³/mol. The molecule has 1 heterocycles. The van der Waals surface area contributed by atoms with Crippen molar-refractivity contribution in [2.45, 2.75) is 44.1 Å². The molecule has 4 bridgehead atoms. The average Bonchev–Trinajstić information content (AvgIpc) is 2.36. The van der Waals surface area contributed by atoms with Crippen molar-refractivity contribution in [2.75, 3.05) is 0 Å². The van der Waals surface area contributed by atoms with Crippen LogP contribution in [0.15, 0.2) is 22.9 Å². The summed E-state index contributed by atoms with van der Waals surface area (Å²) >= 11 is 3.35. The van der Waals surface area contributed by atoms with Crippen molar-refractivity contribution in [3.63, 3.8) is 0 Å². The van der Waals surface area contributed by atoms with Crippen LogP contribution in [0.2, 0.25) is 0 Å². The Morgan fingerprint density at radius 1 is 1.15 bits per heavy atom. The highest BCUT2D eigenvalue weighted by atomic mass is 79.9. The summed E-state index contributed by atoms with van der Waals surface area (Å²) in [5.41, 5.74) is 0.379. The van der Waals surface area contributed by atoms with E-state index in [1.807, 2.05) is 0 Å². The Hall–Kier alpha value is -0.900. The number of nitrogens with zero attached hydrogens (tertiary/aromatic N) is 1. The standard InChI is InChI=1S/C16H18BrNO2/c17-14-4-13(8-18-9-14)15(19)20-16-5-10-1-11(6-16)3-12(2-10)7-16/h4,8-12H,1-3,5-7H2. The van der Waals surface area contributed by atoms with Crippen molar-refractivity contribution in [1.29, 1.82) is 0 Å². The number of carbonyl (C=O) groups is 1. The van der Waals surface area contributed by atoms with Gasteiger partial charge in [-0.3, -0.25) is 4.98 Å². The molecule has 0 saturated heterocycles. The molecule has 4 aliphatic carbocycles. The van der Waals surface area contributed by atoms with Crippen LogP contribution in [-0.4, -0.2) is 16.6 Å². The molecule has 0 amide bonds. The first kappa shape index (κ1) is 12.8. The van der Waals surface area contributed by atoms with E-state index in [0.717, 1.165) is 41.5 Å². The van der Waals surface area contributed by atoms with E-state index in [1.54, 1.807) is 18.5 Å². The van der Waals surface area contributed by atoms with Gasteiger partial charge >= 0.3 is 5.97 Å². The quantitative estimate of drug-likeness (QED) is 0.767. The lowest BCUT2D eigenvalue weighted by Crippen LogP contribution is -2.52. The molecule has 0 aliphatic heterocycles. The van der Waals surface area contributed by atoms with Gasteiger partial charge in [0.1, 0.15) is 5.60 Å². The molecule has 0 radical (unpaired) electrons. The van der Waals surface area contributed by atoms with Crippen LogP contribution in [0.4, 0.5) is 0 Å². The van der Waals surface area contributed by atoms with E-state index in [1.165, 1.54) is 19.3 Å². The minimum atomic E-state index is -0.208. The summed E-state index contributed by atoms with van der Waals surface area (Å²) in [4.78, 5) is 16.5. The van der Waals surface area contributed by atoms with Crippen molar-refractivity contribution in [2.24, 2.45) is 17.8 Å². The first-order chi connectivity index (χ1) is 9.62. The fraction of sp³-hybridized carbons (Fsp3) is 0.625. The SMILES string of the molecule is O=C(OC12CC3CC(CC(C3)C1)C2)c1cncc(Br)c1. The van der Waals surface area contributed by atoms with Gasteiger partial charge in [-0.2, -0.15) is 0 Å². The van der Waals surface area contributed by atoms with Gasteiger partial charge in [-0.15, -0.1) is 0 Å². The van der Waals surface area contributed by atoms with E-state index in [0.29, 0.717) is 5.56 Å². The Morgan fingerprint density at radius 3 is 2.30 bits per heavy atom. The molecule has 0 unspecified atom stereocenters. The van der Waals surface area contributed by atoms with Gasteiger partial charge in [0.25, 0.3) is 0 Å². The minimum absolute atomic E-state index is 0.172. The van der Waals surface area contributed by atoms with Crippen LogP contribution in [0.25, 0.3) is 0 Å². The summed E-state index contributed by atoms with van der Waals surface area (Å²) in [6.07, 6.45) is 10.6. The molecule has 0 N–H and O–H groups in total. The Bertz CT molecular complexity index is 522. The van der Waals surface area contributed by atoms with Crippen LogP contribution < -0.4 is 0 Å². The third-order valence-electron chi connectivity index (χ3n) is 5.23. The van der Waals surface area contributed by atoms with Crippen LogP contribution in [0.3, 0.4) is 0 Å². The summed E-state index contributed by atoms with van der Waals surface area (Å²) in [5.74, 6) is 2.15. The summed E-state index contributed by atoms with van der Waals surface area (Å²) in [5, 5.41) is 0. The van der Waals surface area contributed by atoms with E-state index in [-0.39, 0.29) is 11.6 Å². The number of carbonyl (C=O) groups excluding carboxylic acids is 1. The fourth-order valence-corrected chi connectivity index (χ4v) is 5.30. The molecule has 4 heteroatoms. The zero-order valence-electron chi connectivity index (χ0n) is 11.3. The zero-order valence-corrected chi connectivity index (χ0v) is 12.9. The maximum absolute atomic E-state index is 12.4. The topological polar surface area (TPSA) is 39.2 Å². The number of hydrogen-bond donors (Lipinski definition) is 0. The zero-order chi connectivity index (χ0) is 13.7. The maximum atomic E-state index is 12.4. The van der Waals surface area contributed by atoms with E-state index < -0.39 is 0 Å². The number of esters is 1. The van der Waals surface area contributed by atoms with Crippen LogP contribution in [0.5, 0.6) is 0 Å². The highest BCUT2D eigenvalue weighted by Crippen LogP contribution is 2.57. The second-order valence-electron chi connectivity index (χ2n) is 6.88. The van der Waals surface area contributed by atoms with Gasteiger partial charge in [-0.05, 0) is 78.3 Å². The fourth-order valence-electron chi connectivity index (χ4n) is 4.94. The molecular weight excluding hydrogens is 318 g/mol. The molecular formula is C16H18BrNO2. The first-order valence-corrected chi connectivity index (χ1v) is 8.25. The van der Waals surface area contributed by atoms with E-state index in [2.05, 4.69) is 20.9 Å². The highest BCUT2D eigenvalue weighted by molar-refractivity contribution is 9.10. The van der Waals surface area contributed by atoms with Gasteiger partial charge in [0, 0.05) is 16.9 Å². The smallest absolute Gasteiger partial charge is 0.340 e. The Labute approximate surface area is 127 Å². The molecule has 106 valence electrons. The molecule has 4 fully saturated rings. The van der Waals surface area contributed by atoms with Crippen molar-refractivity contribution < 1.29 is 9.53 Å². The summed E-state index contributed by atoms with van der Waals surface area (Å²) in [6, 6.07) is 1.79. The number of hydrogen-bond acceptors (Lipinski definition) is 3. The van der Waals surface area contributed by atoms with Crippen LogP contribution in [0.1, 0.15) is 48.9 Å². The average molecular weight is 336 g/mol. The molecule has 4 saturated carbocycles. The third-order valence-corrected chi connectivity index (χ3v) is 5.67. The van der Waals surface area contributed by atoms with Crippen LogP contribution in [0, 0.1) is 17.8 Å². The normalized spacial score (nSPS) is 38.0. The van der Waals surface area contributed by atoms with Crippen molar-refractivity contribution in [3.8, 4) is 0 Å². The van der Waals surface area contributed by atoms with Gasteiger partial charge in [0.15, 0.2) is 0 Å². The molecule has 0 atom stereocenters. The molecule has 3 nitrogen and oxygen atoms in total. The molecule has 0 spiro atoms. The molecule has 1 aromatic heterocycles. The summed E-state index contributed by atoms with van der Waals surface area (Å²) in [6.45, 7) is 0. The van der Waals surface area contributed by atoms with Gasteiger partial charge in [-0.1, -0.05) is 0 Å². The number of rotatable bonds is 2. The lowest BCUT2D eigenvalue weighted by Gasteiger charge is -2.55. The maximum Gasteiger partial charge on any atom is 0.340 e. The Balaban J connectivity index is 1.55. The van der Waals surface area contributed by atoms with Gasteiger partial charge < -0.3 is 4.74 Å². The molecule has 20 heavy (non-hydrogen) atoms. The highest BCUT2D eigenvalue weighted by Gasteiger charge is 2.53. The second-order valence-corrected chi connectivity index (χ2v) is 7.80. The second kappa shape index (κ2) is 4.55. The number of ether oxygens (including phenoxy) is 1. The lowest BCUT2D eigenvalue weighted by molar-refractivity contribution is -0.131. The van der Waals surface area contributed by atoms with Crippen molar-refractivity contribution >= 4 is 21.9 Å². The van der Waals surface area contributed by atoms with Gasteiger partial charge in [0.2, 0.25) is 0 Å². The van der Waals surface area contributed by atoms with Crippen molar-refractivity contribution in [1.82, 2.24) is 4.98 Å². The van der Waals surface area contributed by atoms with Crippen LogP contribution >= 0.6 is 15.9 Å². The Kier molecular flexibility index (Phi) is 2.92.